The van der Waals surface area contributed by atoms with Gasteiger partial charge in [-0.3, -0.25) is 4.57 Å². The van der Waals surface area contributed by atoms with E-state index in [1.54, 1.807) is 44.2 Å². The molecule has 5 nitrogen and oxygen atoms in total. The van der Waals surface area contributed by atoms with Crippen LogP contribution >= 0.6 is 7.60 Å². The molecular formula is C12H20NO4P. The molecule has 2 atom stereocenters. The van der Waals surface area contributed by atoms with E-state index in [1.807, 2.05) is 0 Å². The molecule has 0 saturated heterocycles. The minimum Gasteiger partial charge on any atom is -0.396 e. The van der Waals surface area contributed by atoms with E-state index in [0.717, 1.165) is 0 Å². The van der Waals surface area contributed by atoms with E-state index in [9.17, 15) is 9.46 Å². The van der Waals surface area contributed by atoms with E-state index in [-0.39, 0.29) is 13.2 Å². The fraction of sp³-hybridized carbons (Fsp3) is 0.500. The first-order chi connectivity index (χ1) is 8.28. The average molecular weight is 273 g/mol. The third kappa shape index (κ3) is 4.19. The molecular weight excluding hydrogens is 253 g/mol. The Kier molecular flexibility index (Phi) is 5.08. The van der Waals surface area contributed by atoms with E-state index in [4.69, 9.17) is 15.4 Å². The van der Waals surface area contributed by atoms with Gasteiger partial charge in [-0.15, -0.1) is 0 Å². The van der Waals surface area contributed by atoms with Gasteiger partial charge in [0, 0.05) is 5.41 Å². The van der Waals surface area contributed by atoms with E-state index in [2.05, 4.69) is 0 Å². The Morgan fingerprint density at radius 1 is 1.39 bits per heavy atom. The number of benzene rings is 1. The molecule has 0 aliphatic rings. The van der Waals surface area contributed by atoms with Crippen molar-refractivity contribution in [3.8, 4) is 0 Å². The highest BCUT2D eigenvalue weighted by Crippen LogP contribution is 2.54. The number of nitrogens with two attached hydrogens (primary N) is 1. The van der Waals surface area contributed by atoms with Gasteiger partial charge in [-0.2, -0.15) is 0 Å². The van der Waals surface area contributed by atoms with Crippen LogP contribution in [0.4, 0.5) is 0 Å². The van der Waals surface area contributed by atoms with Gasteiger partial charge in [0.05, 0.1) is 13.2 Å². The lowest BCUT2D eigenvalue weighted by Crippen LogP contribution is -2.24. The minimum absolute atomic E-state index is 0.0299. The van der Waals surface area contributed by atoms with E-state index in [0.29, 0.717) is 5.56 Å². The van der Waals surface area contributed by atoms with E-state index < -0.39 is 18.8 Å². The quantitative estimate of drug-likeness (QED) is 0.688. The number of hydrogen-bond donors (Lipinski definition) is 3. The van der Waals surface area contributed by atoms with Gasteiger partial charge in [0.1, 0.15) is 5.78 Å². The molecule has 6 heteroatoms. The normalized spacial score (nSPS) is 17.2. The van der Waals surface area contributed by atoms with Crippen LogP contribution in [0.5, 0.6) is 0 Å². The van der Waals surface area contributed by atoms with Crippen LogP contribution in [0.2, 0.25) is 0 Å². The molecule has 0 aliphatic carbocycles. The van der Waals surface area contributed by atoms with Crippen molar-refractivity contribution in [2.24, 2.45) is 11.1 Å². The molecule has 0 bridgehead atoms. The summed E-state index contributed by atoms with van der Waals surface area (Å²) < 4.78 is 17.0. The van der Waals surface area contributed by atoms with Gasteiger partial charge in [0.2, 0.25) is 0 Å². The Morgan fingerprint density at radius 2 is 1.94 bits per heavy atom. The zero-order valence-corrected chi connectivity index (χ0v) is 11.5. The van der Waals surface area contributed by atoms with Crippen LogP contribution in [-0.2, 0) is 9.09 Å². The van der Waals surface area contributed by atoms with Crippen LogP contribution in [0.3, 0.4) is 0 Å². The number of aliphatic hydroxyl groups is 1. The van der Waals surface area contributed by atoms with Crippen LogP contribution in [0.1, 0.15) is 25.2 Å². The highest BCUT2D eigenvalue weighted by Gasteiger charge is 2.32. The second-order valence-corrected chi connectivity index (χ2v) is 6.96. The van der Waals surface area contributed by atoms with Gasteiger partial charge in [0.15, 0.2) is 0 Å². The molecule has 0 aromatic heterocycles. The molecule has 0 spiro atoms. The molecule has 102 valence electrons. The first-order valence-electron chi connectivity index (χ1n) is 5.67. The van der Waals surface area contributed by atoms with Gasteiger partial charge in [-0.1, -0.05) is 44.2 Å². The van der Waals surface area contributed by atoms with Crippen molar-refractivity contribution in [2.75, 3.05) is 13.2 Å². The average Bonchev–Trinajstić information content (AvgIpc) is 2.37. The molecule has 0 radical (unpaired) electrons. The molecule has 1 aromatic rings. The Labute approximate surface area is 107 Å². The summed E-state index contributed by atoms with van der Waals surface area (Å²) in [5, 5.41) is 9.06. The van der Waals surface area contributed by atoms with Gasteiger partial charge in [-0.25, -0.2) is 0 Å². The fourth-order valence-corrected chi connectivity index (χ4v) is 2.48. The lowest BCUT2D eigenvalue weighted by molar-refractivity contribution is 0.0891. The second-order valence-electron chi connectivity index (χ2n) is 5.02. The molecule has 0 fully saturated rings. The first-order valence-corrected chi connectivity index (χ1v) is 7.31. The summed E-state index contributed by atoms with van der Waals surface area (Å²) in [4.78, 5) is 9.82. The Bertz CT molecular complexity index is 421. The summed E-state index contributed by atoms with van der Waals surface area (Å²) in [6.45, 7) is 3.31. The smallest absolute Gasteiger partial charge is 0.349 e. The van der Waals surface area contributed by atoms with Gasteiger partial charge in [-0.05, 0) is 5.56 Å². The Morgan fingerprint density at radius 3 is 2.44 bits per heavy atom. The Balaban J connectivity index is 2.72. The summed E-state index contributed by atoms with van der Waals surface area (Å²) in [7, 11) is -3.95. The molecule has 1 rings (SSSR count). The second kappa shape index (κ2) is 5.95. The largest absolute Gasteiger partial charge is 0.396 e. The van der Waals surface area contributed by atoms with Crippen molar-refractivity contribution >= 4 is 7.60 Å². The summed E-state index contributed by atoms with van der Waals surface area (Å²) in [6, 6.07) is 8.64. The van der Waals surface area contributed by atoms with Crippen LogP contribution in [0.25, 0.3) is 0 Å². The Hall–Kier alpha value is -0.710. The maximum Gasteiger partial charge on any atom is 0.349 e. The third-order valence-electron chi connectivity index (χ3n) is 2.56. The van der Waals surface area contributed by atoms with E-state index >= 15 is 0 Å². The van der Waals surface area contributed by atoms with Gasteiger partial charge in [0.25, 0.3) is 0 Å². The summed E-state index contributed by atoms with van der Waals surface area (Å²) in [5.41, 5.74) is 5.71. The van der Waals surface area contributed by atoms with Crippen LogP contribution in [0.15, 0.2) is 30.3 Å². The molecule has 4 N–H and O–H groups in total. The summed E-state index contributed by atoms with van der Waals surface area (Å²) in [5.74, 6) is -1.08. The van der Waals surface area contributed by atoms with Crippen molar-refractivity contribution in [1.82, 2.24) is 0 Å². The number of rotatable bonds is 6. The molecule has 2 unspecified atom stereocenters. The van der Waals surface area contributed by atoms with Crippen molar-refractivity contribution in [3.05, 3.63) is 35.9 Å². The summed E-state index contributed by atoms with van der Waals surface area (Å²) >= 11 is 0. The predicted molar refractivity (Wildman–Crippen MR) is 70.0 cm³/mol. The maximum atomic E-state index is 12.0. The molecule has 0 aliphatic heterocycles. The van der Waals surface area contributed by atoms with Gasteiger partial charge >= 0.3 is 7.60 Å². The van der Waals surface area contributed by atoms with Crippen molar-refractivity contribution < 1.29 is 19.1 Å². The highest BCUT2D eigenvalue weighted by atomic mass is 31.2. The lowest BCUT2D eigenvalue weighted by atomic mass is 9.97. The zero-order valence-electron chi connectivity index (χ0n) is 10.6. The van der Waals surface area contributed by atoms with Crippen molar-refractivity contribution in [3.63, 3.8) is 0 Å². The number of hydrogen-bond acceptors (Lipinski definition) is 4. The molecule has 1 aromatic carbocycles. The van der Waals surface area contributed by atoms with Crippen LogP contribution in [-0.4, -0.2) is 23.2 Å². The van der Waals surface area contributed by atoms with Crippen molar-refractivity contribution in [2.45, 2.75) is 19.6 Å². The number of aliphatic hydroxyl groups excluding tert-OH is 1. The minimum atomic E-state index is -3.95. The topological polar surface area (TPSA) is 92.8 Å². The fourth-order valence-electron chi connectivity index (χ4n) is 1.23. The van der Waals surface area contributed by atoms with Crippen LogP contribution in [0, 0.1) is 5.41 Å². The molecule has 0 amide bonds. The standard InChI is InChI=1S/C12H20NO4P/c1-12(2,8-14)9-17-18(15,16)11(13)10-6-4-3-5-7-10/h3-7,11,14H,8-9,13H2,1-2H3,(H,15,16). The van der Waals surface area contributed by atoms with E-state index in [1.165, 1.54) is 0 Å². The predicted octanol–water partition coefficient (Wildman–Crippen LogP) is 1.86. The molecule has 0 saturated carbocycles. The lowest BCUT2D eigenvalue weighted by Gasteiger charge is -2.25. The molecule has 0 heterocycles. The molecule has 18 heavy (non-hydrogen) atoms. The summed E-state index contributed by atoms with van der Waals surface area (Å²) in [6.07, 6.45) is 0. The van der Waals surface area contributed by atoms with Gasteiger partial charge < -0.3 is 20.3 Å². The third-order valence-corrected chi connectivity index (χ3v) is 4.06. The monoisotopic (exact) mass is 273 g/mol. The maximum absolute atomic E-state index is 12.0. The van der Waals surface area contributed by atoms with Crippen molar-refractivity contribution in [1.29, 1.82) is 0 Å². The van der Waals surface area contributed by atoms with Crippen LogP contribution < -0.4 is 5.73 Å². The highest BCUT2D eigenvalue weighted by molar-refractivity contribution is 7.53. The zero-order chi connectivity index (χ0) is 13.8. The SMILES string of the molecule is CC(C)(CO)COP(=O)(O)C(N)c1ccccc1. The first kappa shape index (κ1) is 15.3.